The number of hydrogen-bond acceptors (Lipinski definition) is 8. The summed E-state index contributed by atoms with van der Waals surface area (Å²) in [6, 6.07) is 0. The molecule has 0 radical (unpaired) electrons. The lowest BCUT2D eigenvalue weighted by Gasteiger charge is -2.16. The zero-order valence-corrected chi connectivity index (χ0v) is 12.5. The maximum Gasteiger partial charge on any atom is 0.183 e. The average molecular weight is 321 g/mol. The average Bonchev–Trinajstić information content (AvgIpc) is 3.27. The Hall–Kier alpha value is -1.81. The summed E-state index contributed by atoms with van der Waals surface area (Å²) in [5.74, 6) is 1.17. The molecule has 4 N–H and O–H groups in total. The molecule has 4 rings (SSSR count). The van der Waals surface area contributed by atoms with E-state index < -0.39 is 24.4 Å². The first-order valence-corrected chi connectivity index (χ1v) is 7.77. The molecule has 2 fully saturated rings. The number of aromatic nitrogens is 4. The number of nitrogens with zero attached hydrogens (tertiary/aromatic N) is 4. The third-order valence-corrected chi connectivity index (χ3v) is 4.50. The van der Waals surface area contributed by atoms with Crippen LogP contribution in [0.4, 0.5) is 5.82 Å². The van der Waals surface area contributed by atoms with Crippen LogP contribution in [0.2, 0.25) is 0 Å². The molecule has 2 aliphatic rings. The van der Waals surface area contributed by atoms with Gasteiger partial charge in [-0.2, -0.15) is 0 Å². The van der Waals surface area contributed by atoms with E-state index in [1.54, 1.807) is 0 Å². The van der Waals surface area contributed by atoms with Gasteiger partial charge in [-0.25, -0.2) is 15.0 Å². The lowest BCUT2D eigenvalue weighted by atomic mass is 10.1. The minimum absolute atomic E-state index is 0.367. The van der Waals surface area contributed by atoms with Gasteiger partial charge in [-0.3, -0.25) is 0 Å². The smallest absolute Gasteiger partial charge is 0.183 e. The topological polar surface area (TPSA) is 128 Å². The van der Waals surface area contributed by atoms with Crippen molar-refractivity contribution in [2.45, 2.75) is 37.3 Å². The van der Waals surface area contributed by atoms with E-state index >= 15 is 0 Å². The van der Waals surface area contributed by atoms with Crippen molar-refractivity contribution in [3.63, 3.8) is 0 Å². The summed E-state index contributed by atoms with van der Waals surface area (Å²) < 4.78 is 5.51. The summed E-state index contributed by atoms with van der Waals surface area (Å²) in [5.41, 5.74) is 1.19. The fourth-order valence-electron chi connectivity index (χ4n) is 3.26. The number of nitrogens with one attached hydrogen (secondary N) is 1. The molecule has 124 valence electrons. The summed E-state index contributed by atoms with van der Waals surface area (Å²) in [7, 11) is 0. The van der Waals surface area contributed by atoms with Gasteiger partial charge in [0, 0.05) is 13.1 Å². The van der Waals surface area contributed by atoms with Crippen molar-refractivity contribution in [2.75, 3.05) is 24.6 Å². The first kappa shape index (κ1) is 14.8. The van der Waals surface area contributed by atoms with Crippen LogP contribution < -0.4 is 4.90 Å². The molecule has 0 spiro atoms. The van der Waals surface area contributed by atoms with Crippen LogP contribution in [-0.2, 0) is 4.74 Å². The molecule has 2 aromatic rings. The second kappa shape index (κ2) is 5.68. The minimum Gasteiger partial charge on any atom is -0.394 e. The van der Waals surface area contributed by atoms with Crippen molar-refractivity contribution >= 4 is 17.0 Å². The molecule has 2 saturated heterocycles. The molecule has 2 aliphatic heterocycles. The summed E-state index contributed by atoms with van der Waals surface area (Å²) in [6.07, 6.45) is -0.242. The fourth-order valence-corrected chi connectivity index (χ4v) is 3.26. The van der Waals surface area contributed by atoms with E-state index in [0.717, 1.165) is 31.7 Å². The van der Waals surface area contributed by atoms with Crippen molar-refractivity contribution in [3.05, 3.63) is 12.2 Å². The molecule has 0 aliphatic carbocycles. The fraction of sp³-hybridized carbons (Fsp3) is 0.643. The van der Waals surface area contributed by atoms with Gasteiger partial charge in [-0.1, -0.05) is 0 Å². The highest BCUT2D eigenvalue weighted by molar-refractivity contribution is 5.83. The second-order valence-electron chi connectivity index (χ2n) is 5.97. The van der Waals surface area contributed by atoms with Gasteiger partial charge in [0.05, 0.1) is 6.61 Å². The lowest BCUT2D eigenvalue weighted by Crippen LogP contribution is -2.32. The number of aliphatic hydroxyl groups is 3. The number of aromatic amines is 1. The zero-order valence-electron chi connectivity index (χ0n) is 12.5. The van der Waals surface area contributed by atoms with E-state index in [1.165, 1.54) is 6.33 Å². The SMILES string of the molecule is OC[C@H]1OC(c2nc3ncnc(N4CCCC4)c3[nH]2)[C@@H](O)[C@@H]1O. The Morgan fingerprint density at radius 1 is 1.22 bits per heavy atom. The van der Waals surface area contributed by atoms with Crippen molar-refractivity contribution in [1.29, 1.82) is 0 Å². The summed E-state index contributed by atoms with van der Waals surface area (Å²) in [4.78, 5) is 18.2. The van der Waals surface area contributed by atoms with Gasteiger partial charge in [0.1, 0.15) is 42.1 Å². The predicted molar refractivity (Wildman–Crippen MR) is 79.8 cm³/mol. The Bertz CT molecular complexity index is 702. The van der Waals surface area contributed by atoms with Gasteiger partial charge < -0.3 is 29.9 Å². The number of hydrogen-bond donors (Lipinski definition) is 4. The Kier molecular flexibility index (Phi) is 3.64. The number of rotatable bonds is 3. The number of anilines is 1. The molecule has 0 aromatic carbocycles. The van der Waals surface area contributed by atoms with E-state index in [4.69, 9.17) is 4.74 Å². The van der Waals surface area contributed by atoms with Crippen LogP contribution in [0.15, 0.2) is 6.33 Å². The maximum absolute atomic E-state index is 10.1. The molecule has 23 heavy (non-hydrogen) atoms. The number of aliphatic hydroxyl groups excluding tert-OH is 3. The molecule has 9 heteroatoms. The van der Waals surface area contributed by atoms with E-state index in [0.29, 0.717) is 17.0 Å². The Morgan fingerprint density at radius 3 is 2.70 bits per heavy atom. The van der Waals surface area contributed by atoms with Crippen LogP contribution in [0, 0.1) is 0 Å². The van der Waals surface area contributed by atoms with Gasteiger partial charge in [-0.05, 0) is 12.8 Å². The summed E-state index contributed by atoms with van der Waals surface area (Å²) in [6.45, 7) is 1.51. The second-order valence-corrected chi connectivity index (χ2v) is 5.97. The molecule has 0 saturated carbocycles. The Labute approximate surface area is 132 Å². The van der Waals surface area contributed by atoms with Crippen molar-refractivity contribution in [2.24, 2.45) is 0 Å². The Morgan fingerprint density at radius 2 is 2.00 bits per heavy atom. The van der Waals surface area contributed by atoms with Crippen molar-refractivity contribution in [3.8, 4) is 0 Å². The zero-order chi connectivity index (χ0) is 16.0. The number of imidazole rings is 1. The molecule has 0 amide bonds. The molecule has 4 atom stereocenters. The molecule has 2 aromatic heterocycles. The van der Waals surface area contributed by atoms with Gasteiger partial charge >= 0.3 is 0 Å². The molecule has 0 bridgehead atoms. The van der Waals surface area contributed by atoms with Crippen LogP contribution >= 0.6 is 0 Å². The maximum atomic E-state index is 10.1. The van der Waals surface area contributed by atoms with Gasteiger partial charge in [0.25, 0.3) is 0 Å². The summed E-state index contributed by atoms with van der Waals surface area (Å²) in [5, 5.41) is 29.2. The van der Waals surface area contributed by atoms with Crippen LogP contribution in [0.5, 0.6) is 0 Å². The van der Waals surface area contributed by atoms with E-state index in [2.05, 4.69) is 24.8 Å². The quantitative estimate of drug-likeness (QED) is 0.573. The summed E-state index contributed by atoms with van der Waals surface area (Å²) >= 11 is 0. The third kappa shape index (κ3) is 2.36. The van der Waals surface area contributed by atoms with E-state index in [9.17, 15) is 15.3 Å². The normalized spacial score (nSPS) is 31.3. The van der Waals surface area contributed by atoms with Crippen LogP contribution in [0.1, 0.15) is 24.8 Å². The van der Waals surface area contributed by atoms with Crippen molar-refractivity contribution in [1.82, 2.24) is 19.9 Å². The Balaban J connectivity index is 1.71. The third-order valence-electron chi connectivity index (χ3n) is 4.50. The van der Waals surface area contributed by atoms with Crippen LogP contribution in [-0.4, -0.2) is 73.3 Å². The standard InChI is InChI=1S/C14H19N5O4/c20-5-7-9(21)10(22)11(23-7)13-17-8-12(18-13)15-6-16-14(8)19-3-1-2-4-19/h6-7,9-11,20-22H,1-5H2,(H,15,16,17,18)/t7-,9-,10+,11?/m1/s1. The van der Waals surface area contributed by atoms with Gasteiger partial charge in [0.15, 0.2) is 11.5 Å². The number of H-pyrrole nitrogens is 1. The number of ether oxygens (including phenoxy) is 1. The van der Waals surface area contributed by atoms with Crippen LogP contribution in [0.25, 0.3) is 11.2 Å². The highest BCUT2D eigenvalue weighted by atomic mass is 16.6. The van der Waals surface area contributed by atoms with Crippen molar-refractivity contribution < 1.29 is 20.1 Å². The van der Waals surface area contributed by atoms with Gasteiger partial charge in [0.2, 0.25) is 0 Å². The number of fused-ring (bicyclic) bond motifs is 1. The molecule has 1 unspecified atom stereocenters. The predicted octanol–water partition coefficient (Wildman–Crippen LogP) is -0.893. The van der Waals surface area contributed by atoms with Gasteiger partial charge in [-0.15, -0.1) is 0 Å². The molecular formula is C14H19N5O4. The first-order chi connectivity index (χ1) is 11.2. The highest BCUT2D eigenvalue weighted by Gasteiger charge is 2.44. The lowest BCUT2D eigenvalue weighted by molar-refractivity contribution is -0.0249. The molecule has 4 heterocycles. The molecular weight excluding hydrogens is 302 g/mol. The molecule has 9 nitrogen and oxygen atoms in total. The largest absolute Gasteiger partial charge is 0.394 e. The van der Waals surface area contributed by atoms with Crippen LogP contribution in [0.3, 0.4) is 0 Å². The first-order valence-electron chi connectivity index (χ1n) is 7.77. The minimum atomic E-state index is -1.16. The monoisotopic (exact) mass is 321 g/mol. The van der Waals surface area contributed by atoms with E-state index in [1.807, 2.05) is 0 Å². The van der Waals surface area contributed by atoms with E-state index in [-0.39, 0.29) is 6.61 Å². The highest BCUT2D eigenvalue weighted by Crippen LogP contribution is 2.34.